The van der Waals surface area contributed by atoms with Crippen LogP contribution in [0.25, 0.3) is 0 Å². The molecule has 1 aromatic heterocycles. The van der Waals surface area contributed by atoms with E-state index in [0.29, 0.717) is 6.42 Å². The Morgan fingerprint density at radius 1 is 1.29 bits per heavy atom. The Morgan fingerprint density at radius 2 is 1.95 bits per heavy atom. The Hall–Kier alpha value is -1.76. The topological polar surface area (TPSA) is 71.2 Å². The number of aromatic nitrogens is 1. The van der Waals surface area contributed by atoms with Crippen molar-refractivity contribution in [2.24, 2.45) is 5.84 Å². The zero-order valence-corrected chi connectivity index (χ0v) is 13.1. The number of carbonyl (C=O) groups excluding carboxylic acids is 1. The van der Waals surface area contributed by atoms with Gasteiger partial charge in [-0.05, 0) is 25.1 Å². The maximum atomic E-state index is 11.2. The molecule has 1 amide bonds. The van der Waals surface area contributed by atoms with Gasteiger partial charge in [-0.2, -0.15) is 0 Å². The molecule has 0 aliphatic carbocycles. The van der Waals surface area contributed by atoms with Crippen LogP contribution in [0.1, 0.15) is 21.7 Å². The molecule has 0 aliphatic heterocycles. The molecule has 2 rings (SSSR count). The average Bonchev–Trinajstić information content (AvgIpc) is 2.86. The molecule has 0 aliphatic rings. The van der Waals surface area contributed by atoms with E-state index < -0.39 is 0 Å². The van der Waals surface area contributed by atoms with Crippen LogP contribution >= 0.6 is 11.3 Å². The van der Waals surface area contributed by atoms with Crippen molar-refractivity contribution < 1.29 is 4.79 Å². The molecular formula is C15H20N4OS. The summed E-state index contributed by atoms with van der Waals surface area (Å²) in [5.74, 6) is 4.90. The number of benzene rings is 1. The lowest BCUT2D eigenvalue weighted by Gasteiger charge is -2.16. The third-order valence-corrected chi connectivity index (χ3v) is 4.18. The molecule has 1 aromatic carbocycles. The molecule has 0 atom stereocenters. The average molecular weight is 304 g/mol. The summed E-state index contributed by atoms with van der Waals surface area (Å²) in [5, 5.41) is 0. The second-order valence-electron chi connectivity index (χ2n) is 5.09. The number of rotatable bonds is 6. The number of nitrogens with zero attached hydrogens (tertiary/aromatic N) is 2. The van der Waals surface area contributed by atoms with Gasteiger partial charge in [0.2, 0.25) is 5.91 Å². The van der Waals surface area contributed by atoms with Crippen LogP contribution in [0, 0.1) is 6.92 Å². The zero-order chi connectivity index (χ0) is 15.2. The maximum Gasteiger partial charge on any atom is 0.238 e. The minimum Gasteiger partial charge on any atom is -0.297 e. The van der Waals surface area contributed by atoms with E-state index in [-0.39, 0.29) is 5.91 Å². The molecule has 0 unspecified atom stereocenters. The minimum atomic E-state index is -0.180. The van der Waals surface area contributed by atoms with Crippen molar-refractivity contribution in [2.45, 2.75) is 26.4 Å². The van der Waals surface area contributed by atoms with Gasteiger partial charge in [-0.1, -0.05) is 24.3 Å². The van der Waals surface area contributed by atoms with E-state index in [1.807, 2.05) is 24.6 Å². The van der Waals surface area contributed by atoms with Crippen molar-refractivity contribution in [2.75, 3.05) is 7.05 Å². The van der Waals surface area contributed by atoms with Gasteiger partial charge in [0.15, 0.2) is 0 Å². The lowest BCUT2D eigenvalue weighted by Crippen LogP contribution is -2.31. The third-order valence-electron chi connectivity index (χ3n) is 3.26. The van der Waals surface area contributed by atoms with E-state index in [9.17, 15) is 4.79 Å². The summed E-state index contributed by atoms with van der Waals surface area (Å²) >= 11 is 1.69. The second-order valence-corrected chi connectivity index (χ2v) is 6.03. The van der Waals surface area contributed by atoms with E-state index >= 15 is 0 Å². The van der Waals surface area contributed by atoms with Gasteiger partial charge in [0.05, 0.1) is 17.6 Å². The Labute approximate surface area is 128 Å². The first-order chi connectivity index (χ1) is 10.1. The van der Waals surface area contributed by atoms with Gasteiger partial charge in [0, 0.05) is 18.0 Å². The molecule has 0 saturated carbocycles. The van der Waals surface area contributed by atoms with Gasteiger partial charge in [-0.3, -0.25) is 15.1 Å². The number of nitrogens with two attached hydrogens (primary N) is 1. The number of thiazole rings is 1. The smallest absolute Gasteiger partial charge is 0.238 e. The number of hydrazine groups is 1. The van der Waals surface area contributed by atoms with E-state index in [4.69, 9.17) is 5.84 Å². The minimum absolute atomic E-state index is 0.180. The van der Waals surface area contributed by atoms with Crippen molar-refractivity contribution in [1.29, 1.82) is 0 Å². The standard InChI is InChI=1S/C15H20N4OS/c1-11-14(21-10-17-11)9-19(2)8-13-5-3-12(4-6-13)7-15(20)18-16/h3-6,10H,7-9,16H2,1-2H3,(H,18,20). The molecule has 0 spiro atoms. The molecule has 0 bridgehead atoms. The first kappa shape index (κ1) is 15.6. The van der Waals surface area contributed by atoms with Crippen molar-refractivity contribution >= 4 is 17.2 Å². The fraction of sp³-hybridized carbons (Fsp3) is 0.333. The van der Waals surface area contributed by atoms with Crippen molar-refractivity contribution in [3.05, 3.63) is 51.5 Å². The summed E-state index contributed by atoms with van der Waals surface area (Å²) < 4.78 is 0. The van der Waals surface area contributed by atoms with Gasteiger partial charge < -0.3 is 0 Å². The largest absolute Gasteiger partial charge is 0.297 e. The molecule has 6 heteroatoms. The monoisotopic (exact) mass is 304 g/mol. The SMILES string of the molecule is Cc1ncsc1CN(C)Cc1ccc(CC(=O)NN)cc1. The van der Waals surface area contributed by atoms with E-state index in [0.717, 1.165) is 24.3 Å². The van der Waals surface area contributed by atoms with Crippen LogP contribution in [-0.2, 0) is 24.3 Å². The lowest BCUT2D eigenvalue weighted by atomic mass is 10.1. The summed E-state index contributed by atoms with van der Waals surface area (Å²) in [6, 6.07) is 8.04. The van der Waals surface area contributed by atoms with Gasteiger partial charge in [0.1, 0.15) is 0 Å². The number of hydrogen-bond acceptors (Lipinski definition) is 5. The number of nitrogens with one attached hydrogen (secondary N) is 1. The molecule has 0 radical (unpaired) electrons. The fourth-order valence-corrected chi connectivity index (χ4v) is 2.95. The molecule has 5 nitrogen and oxygen atoms in total. The van der Waals surface area contributed by atoms with Crippen molar-refractivity contribution in [3.63, 3.8) is 0 Å². The number of amides is 1. The molecule has 3 N–H and O–H groups in total. The second kappa shape index (κ2) is 7.31. The van der Waals surface area contributed by atoms with Gasteiger partial charge in [-0.25, -0.2) is 10.8 Å². The molecule has 1 heterocycles. The van der Waals surface area contributed by atoms with E-state index in [1.165, 1.54) is 10.4 Å². The van der Waals surface area contributed by atoms with Crippen LogP contribution in [0.3, 0.4) is 0 Å². The van der Waals surface area contributed by atoms with Crippen LogP contribution in [0.5, 0.6) is 0 Å². The Kier molecular flexibility index (Phi) is 5.44. The highest BCUT2D eigenvalue weighted by molar-refractivity contribution is 7.09. The summed E-state index contributed by atoms with van der Waals surface area (Å²) in [5.41, 5.74) is 7.31. The summed E-state index contributed by atoms with van der Waals surface area (Å²) in [4.78, 5) is 19.0. The number of hydrogen-bond donors (Lipinski definition) is 2. The molecule has 0 saturated heterocycles. The van der Waals surface area contributed by atoms with E-state index in [2.05, 4.69) is 34.5 Å². The van der Waals surface area contributed by atoms with Crippen LogP contribution in [-0.4, -0.2) is 22.8 Å². The Bertz CT molecular complexity index is 594. The Balaban J connectivity index is 1.90. The van der Waals surface area contributed by atoms with Crippen LogP contribution in [0.4, 0.5) is 0 Å². The highest BCUT2D eigenvalue weighted by Gasteiger charge is 2.07. The molecular weight excluding hydrogens is 284 g/mol. The first-order valence-corrected chi connectivity index (χ1v) is 7.61. The highest BCUT2D eigenvalue weighted by atomic mass is 32.1. The maximum absolute atomic E-state index is 11.2. The molecule has 2 aromatic rings. The summed E-state index contributed by atoms with van der Waals surface area (Å²) in [7, 11) is 2.09. The Morgan fingerprint density at radius 3 is 2.52 bits per heavy atom. The van der Waals surface area contributed by atoms with Crippen molar-refractivity contribution in [1.82, 2.24) is 15.3 Å². The normalized spacial score (nSPS) is 10.9. The number of aryl methyl sites for hydroxylation is 1. The fourth-order valence-electron chi connectivity index (χ4n) is 2.09. The van der Waals surface area contributed by atoms with Crippen molar-refractivity contribution in [3.8, 4) is 0 Å². The zero-order valence-electron chi connectivity index (χ0n) is 12.3. The molecule has 21 heavy (non-hydrogen) atoms. The lowest BCUT2D eigenvalue weighted by molar-refractivity contribution is -0.120. The first-order valence-electron chi connectivity index (χ1n) is 6.73. The quantitative estimate of drug-likeness (QED) is 0.483. The summed E-state index contributed by atoms with van der Waals surface area (Å²) in [6.45, 7) is 3.80. The van der Waals surface area contributed by atoms with E-state index in [1.54, 1.807) is 11.3 Å². The predicted molar refractivity (Wildman–Crippen MR) is 84.5 cm³/mol. The molecule has 0 fully saturated rings. The predicted octanol–water partition coefficient (Wildman–Crippen LogP) is 1.62. The summed E-state index contributed by atoms with van der Waals surface area (Å²) in [6.07, 6.45) is 0.312. The van der Waals surface area contributed by atoms with Gasteiger partial charge >= 0.3 is 0 Å². The van der Waals surface area contributed by atoms with Crippen LogP contribution < -0.4 is 11.3 Å². The van der Waals surface area contributed by atoms with Crippen LogP contribution in [0.15, 0.2) is 29.8 Å². The third kappa shape index (κ3) is 4.63. The van der Waals surface area contributed by atoms with Gasteiger partial charge in [0.25, 0.3) is 0 Å². The molecule has 112 valence electrons. The highest BCUT2D eigenvalue weighted by Crippen LogP contribution is 2.16. The number of carbonyl (C=O) groups is 1. The van der Waals surface area contributed by atoms with Crippen LogP contribution in [0.2, 0.25) is 0 Å². The van der Waals surface area contributed by atoms with Gasteiger partial charge in [-0.15, -0.1) is 11.3 Å².